The van der Waals surface area contributed by atoms with Crippen LogP contribution in [0, 0.1) is 11.3 Å². The number of hydrogen-bond donors (Lipinski definition) is 2. The molecule has 2 unspecified atom stereocenters. The molecule has 1 aliphatic carbocycles. The van der Waals surface area contributed by atoms with E-state index in [1.54, 1.807) is 0 Å². The Morgan fingerprint density at radius 2 is 1.89 bits per heavy atom. The first-order chi connectivity index (χ1) is 8.99. The third-order valence-electron chi connectivity index (χ3n) is 4.80. The van der Waals surface area contributed by atoms with Gasteiger partial charge in [0.05, 0.1) is 0 Å². The summed E-state index contributed by atoms with van der Waals surface area (Å²) in [5, 5.41) is 3.18. The first kappa shape index (κ1) is 16.5. The summed E-state index contributed by atoms with van der Waals surface area (Å²) in [6.45, 7) is 7.18. The Morgan fingerprint density at radius 3 is 2.42 bits per heavy atom. The molecule has 1 rings (SSSR count). The number of amides is 1. The number of nitrogens with two attached hydrogens (primary N) is 1. The molecule has 0 spiro atoms. The molecule has 0 aromatic heterocycles. The van der Waals surface area contributed by atoms with E-state index < -0.39 is 0 Å². The van der Waals surface area contributed by atoms with Crippen LogP contribution in [0.15, 0.2) is 0 Å². The Labute approximate surface area is 118 Å². The molecule has 19 heavy (non-hydrogen) atoms. The van der Waals surface area contributed by atoms with Gasteiger partial charge in [-0.1, -0.05) is 33.1 Å². The average Bonchev–Trinajstić information content (AvgIpc) is 2.84. The highest BCUT2D eigenvalue weighted by Gasteiger charge is 2.32. The number of rotatable bonds is 8. The van der Waals surface area contributed by atoms with E-state index >= 15 is 0 Å². The molecule has 1 aliphatic rings. The van der Waals surface area contributed by atoms with E-state index in [1.165, 1.54) is 32.1 Å². The van der Waals surface area contributed by atoms with Gasteiger partial charge in [-0.3, -0.25) is 4.79 Å². The van der Waals surface area contributed by atoms with Gasteiger partial charge in [-0.05, 0) is 44.4 Å². The van der Waals surface area contributed by atoms with Gasteiger partial charge in [0, 0.05) is 18.5 Å². The average molecular weight is 268 g/mol. The maximum atomic E-state index is 12.1. The molecule has 3 nitrogen and oxygen atoms in total. The fourth-order valence-electron chi connectivity index (χ4n) is 3.11. The lowest BCUT2D eigenvalue weighted by molar-refractivity contribution is -0.125. The van der Waals surface area contributed by atoms with Crippen molar-refractivity contribution in [3.63, 3.8) is 0 Å². The molecule has 0 bridgehead atoms. The van der Waals surface area contributed by atoms with Crippen LogP contribution in [0.2, 0.25) is 0 Å². The first-order valence-corrected chi connectivity index (χ1v) is 8.02. The molecule has 2 atom stereocenters. The van der Waals surface area contributed by atoms with Crippen molar-refractivity contribution in [3.05, 3.63) is 0 Å². The van der Waals surface area contributed by atoms with Crippen LogP contribution >= 0.6 is 0 Å². The molecule has 0 radical (unpaired) electrons. The number of hydrogen-bond acceptors (Lipinski definition) is 2. The fraction of sp³-hybridized carbons (Fsp3) is 0.938. The molecule has 0 aliphatic heterocycles. The Kier molecular flexibility index (Phi) is 6.84. The molecule has 0 aromatic rings. The van der Waals surface area contributed by atoms with E-state index in [0.717, 1.165) is 25.8 Å². The SMILES string of the molecule is CCC1(CNC(=O)C(C)CCCC(C)N)CCCC1. The third-order valence-corrected chi connectivity index (χ3v) is 4.80. The van der Waals surface area contributed by atoms with Crippen molar-refractivity contribution in [3.8, 4) is 0 Å². The molecule has 3 heteroatoms. The van der Waals surface area contributed by atoms with Crippen molar-refractivity contribution in [2.24, 2.45) is 17.1 Å². The summed E-state index contributed by atoms with van der Waals surface area (Å²) in [4.78, 5) is 12.1. The molecular weight excluding hydrogens is 236 g/mol. The van der Waals surface area contributed by atoms with Crippen molar-refractivity contribution >= 4 is 5.91 Å². The topological polar surface area (TPSA) is 55.1 Å². The highest BCUT2D eigenvalue weighted by molar-refractivity contribution is 5.78. The molecule has 1 amide bonds. The second kappa shape index (κ2) is 7.88. The Hall–Kier alpha value is -0.570. The summed E-state index contributed by atoms with van der Waals surface area (Å²) in [5.74, 6) is 0.346. The third kappa shape index (κ3) is 5.52. The highest BCUT2D eigenvalue weighted by Crippen LogP contribution is 2.40. The van der Waals surface area contributed by atoms with E-state index in [1.807, 2.05) is 13.8 Å². The van der Waals surface area contributed by atoms with Gasteiger partial charge >= 0.3 is 0 Å². The van der Waals surface area contributed by atoms with Gasteiger partial charge in [0.15, 0.2) is 0 Å². The molecular formula is C16H32N2O. The van der Waals surface area contributed by atoms with Gasteiger partial charge in [0.25, 0.3) is 0 Å². The predicted octanol–water partition coefficient (Wildman–Crippen LogP) is 3.23. The summed E-state index contributed by atoms with van der Waals surface area (Å²) in [6.07, 6.45) is 9.41. The van der Waals surface area contributed by atoms with Crippen LogP contribution in [0.25, 0.3) is 0 Å². The largest absolute Gasteiger partial charge is 0.355 e. The lowest BCUT2D eigenvalue weighted by atomic mass is 9.83. The normalized spacial score (nSPS) is 21.1. The summed E-state index contributed by atoms with van der Waals surface area (Å²) in [6, 6.07) is 0.247. The number of carbonyl (C=O) groups excluding carboxylic acids is 1. The van der Waals surface area contributed by atoms with Crippen molar-refractivity contribution in [1.29, 1.82) is 0 Å². The van der Waals surface area contributed by atoms with Crippen LogP contribution in [-0.4, -0.2) is 18.5 Å². The van der Waals surface area contributed by atoms with E-state index in [9.17, 15) is 4.79 Å². The standard InChI is InChI=1S/C16H32N2O/c1-4-16(10-5-6-11-16)12-18-15(19)13(2)8-7-9-14(3)17/h13-14H,4-12,17H2,1-3H3,(H,18,19). The van der Waals surface area contributed by atoms with Crippen LogP contribution in [0.1, 0.15) is 72.1 Å². The minimum Gasteiger partial charge on any atom is -0.355 e. The Balaban J connectivity index is 2.25. The van der Waals surface area contributed by atoms with Gasteiger partial charge in [0.1, 0.15) is 0 Å². The van der Waals surface area contributed by atoms with Gasteiger partial charge in [-0.15, -0.1) is 0 Å². The molecule has 112 valence electrons. The zero-order valence-electron chi connectivity index (χ0n) is 13.0. The Morgan fingerprint density at radius 1 is 1.26 bits per heavy atom. The van der Waals surface area contributed by atoms with E-state index in [4.69, 9.17) is 5.73 Å². The molecule has 0 aromatic carbocycles. The van der Waals surface area contributed by atoms with Crippen molar-refractivity contribution < 1.29 is 4.79 Å². The minimum absolute atomic E-state index is 0.119. The van der Waals surface area contributed by atoms with Crippen LogP contribution in [0.5, 0.6) is 0 Å². The molecule has 3 N–H and O–H groups in total. The fourth-order valence-corrected chi connectivity index (χ4v) is 3.11. The van der Waals surface area contributed by atoms with Crippen LogP contribution in [-0.2, 0) is 4.79 Å². The summed E-state index contributed by atoms with van der Waals surface area (Å²) in [7, 11) is 0. The van der Waals surface area contributed by atoms with Gasteiger partial charge in [-0.2, -0.15) is 0 Å². The maximum absolute atomic E-state index is 12.1. The molecule has 1 fully saturated rings. The second-order valence-corrected chi connectivity index (χ2v) is 6.59. The predicted molar refractivity (Wildman–Crippen MR) is 80.9 cm³/mol. The second-order valence-electron chi connectivity index (χ2n) is 6.59. The Bertz CT molecular complexity index is 270. The van der Waals surface area contributed by atoms with Crippen LogP contribution in [0.4, 0.5) is 0 Å². The van der Waals surface area contributed by atoms with Gasteiger partial charge < -0.3 is 11.1 Å². The minimum atomic E-state index is 0.119. The highest BCUT2D eigenvalue weighted by atomic mass is 16.1. The van der Waals surface area contributed by atoms with E-state index in [0.29, 0.717) is 5.41 Å². The number of carbonyl (C=O) groups is 1. The molecule has 1 saturated carbocycles. The number of nitrogens with one attached hydrogen (secondary N) is 1. The molecule has 0 saturated heterocycles. The lowest BCUT2D eigenvalue weighted by Gasteiger charge is -2.28. The van der Waals surface area contributed by atoms with Crippen LogP contribution < -0.4 is 11.1 Å². The van der Waals surface area contributed by atoms with E-state index in [2.05, 4.69) is 12.2 Å². The van der Waals surface area contributed by atoms with Gasteiger partial charge in [-0.25, -0.2) is 0 Å². The molecule has 0 heterocycles. The maximum Gasteiger partial charge on any atom is 0.222 e. The van der Waals surface area contributed by atoms with Crippen LogP contribution in [0.3, 0.4) is 0 Å². The van der Waals surface area contributed by atoms with Crippen molar-refractivity contribution in [2.45, 2.75) is 78.2 Å². The zero-order valence-corrected chi connectivity index (χ0v) is 13.0. The summed E-state index contributed by atoms with van der Waals surface area (Å²) >= 11 is 0. The monoisotopic (exact) mass is 268 g/mol. The summed E-state index contributed by atoms with van der Waals surface area (Å²) in [5.41, 5.74) is 6.12. The smallest absolute Gasteiger partial charge is 0.222 e. The summed E-state index contributed by atoms with van der Waals surface area (Å²) < 4.78 is 0. The quantitative estimate of drug-likeness (QED) is 0.710. The first-order valence-electron chi connectivity index (χ1n) is 8.02. The van der Waals surface area contributed by atoms with Gasteiger partial charge in [0.2, 0.25) is 5.91 Å². The lowest BCUT2D eigenvalue weighted by Crippen LogP contribution is -2.38. The van der Waals surface area contributed by atoms with E-state index in [-0.39, 0.29) is 17.9 Å². The zero-order chi connectivity index (χ0) is 14.3. The van der Waals surface area contributed by atoms with Crippen molar-refractivity contribution in [2.75, 3.05) is 6.54 Å². The van der Waals surface area contributed by atoms with Crippen molar-refractivity contribution in [1.82, 2.24) is 5.32 Å².